The van der Waals surface area contributed by atoms with Gasteiger partial charge in [0.05, 0.1) is 0 Å². The second-order valence-corrected chi connectivity index (χ2v) is 7.34. The number of para-hydroxylation sites is 1. The number of hydrogen-bond acceptors (Lipinski definition) is 3. The second-order valence-electron chi connectivity index (χ2n) is 7.34. The first-order valence-electron chi connectivity index (χ1n) is 9.87. The van der Waals surface area contributed by atoms with Crippen LogP contribution in [0, 0.1) is 6.92 Å². The normalized spacial score (nSPS) is 13.5. The van der Waals surface area contributed by atoms with E-state index in [4.69, 9.17) is 5.73 Å². The maximum absolute atomic E-state index is 11.2. The summed E-state index contributed by atoms with van der Waals surface area (Å²) in [6.45, 7) is 2.64. The molecule has 2 atom stereocenters. The van der Waals surface area contributed by atoms with Gasteiger partial charge in [0.2, 0.25) is 0 Å². The molecule has 0 fully saturated rings. The fourth-order valence-corrected chi connectivity index (χ4v) is 3.75. The van der Waals surface area contributed by atoms with E-state index in [0.717, 1.165) is 29.3 Å². The third kappa shape index (κ3) is 5.00. The van der Waals surface area contributed by atoms with Crippen molar-refractivity contribution in [1.29, 1.82) is 0 Å². The highest BCUT2D eigenvalue weighted by molar-refractivity contribution is 5.83. The number of rotatable bonds is 10. The average molecular weight is 380 g/mol. The summed E-state index contributed by atoms with van der Waals surface area (Å²) < 4.78 is 0. The van der Waals surface area contributed by atoms with E-state index in [9.17, 15) is 9.90 Å². The fraction of sp³-hybridized carbons (Fsp3) is 0.348. The van der Waals surface area contributed by atoms with Crippen molar-refractivity contribution < 1.29 is 9.90 Å². The number of aryl methyl sites for hydroxylation is 2. The molecular formula is C23H29N3O2. The first-order valence-corrected chi connectivity index (χ1v) is 9.87. The van der Waals surface area contributed by atoms with Crippen LogP contribution in [0.2, 0.25) is 0 Å². The van der Waals surface area contributed by atoms with E-state index >= 15 is 0 Å². The van der Waals surface area contributed by atoms with Gasteiger partial charge in [-0.15, -0.1) is 0 Å². The first-order chi connectivity index (χ1) is 13.6. The molecule has 1 heterocycles. The fourth-order valence-electron chi connectivity index (χ4n) is 3.75. The third-order valence-corrected chi connectivity index (χ3v) is 5.39. The number of H-pyrrole nitrogens is 1. The van der Waals surface area contributed by atoms with E-state index in [1.165, 1.54) is 11.1 Å². The Kier molecular flexibility index (Phi) is 6.85. The molecule has 28 heavy (non-hydrogen) atoms. The molecule has 5 N–H and O–H groups in total. The zero-order valence-electron chi connectivity index (χ0n) is 16.3. The molecule has 0 spiro atoms. The Bertz CT molecular complexity index is 919. The summed E-state index contributed by atoms with van der Waals surface area (Å²) in [5.74, 6) is -0.782. The summed E-state index contributed by atoms with van der Waals surface area (Å²) in [4.78, 5) is 14.5. The maximum atomic E-state index is 11.2. The molecule has 148 valence electrons. The number of nitrogens with two attached hydrogens (primary N) is 1. The molecule has 0 amide bonds. The van der Waals surface area contributed by atoms with Crippen molar-refractivity contribution in [3.8, 4) is 0 Å². The van der Waals surface area contributed by atoms with Crippen molar-refractivity contribution in [2.45, 2.75) is 44.7 Å². The zero-order chi connectivity index (χ0) is 19.9. The zero-order valence-corrected chi connectivity index (χ0v) is 16.3. The van der Waals surface area contributed by atoms with Crippen LogP contribution in [0.15, 0.2) is 54.7 Å². The number of benzene rings is 2. The van der Waals surface area contributed by atoms with Crippen molar-refractivity contribution in [2.24, 2.45) is 5.73 Å². The number of aromatic nitrogens is 1. The lowest BCUT2D eigenvalue weighted by atomic mass is 9.97. The molecule has 0 aliphatic heterocycles. The summed E-state index contributed by atoms with van der Waals surface area (Å²) in [6, 6.07) is 16.6. The van der Waals surface area contributed by atoms with Crippen LogP contribution in [-0.4, -0.2) is 28.6 Å². The highest BCUT2D eigenvalue weighted by Gasteiger charge is 2.20. The summed E-state index contributed by atoms with van der Waals surface area (Å²) in [6.07, 6.45) is 4.48. The van der Waals surface area contributed by atoms with Crippen LogP contribution < -0.4 is 11.1 Å². The smallest absolute Gasteiger partial charge is 0.303 e. The number of carboxylic acids is 1. The lowest BCUT2D eigenvalue weighted by Crippen LogP contribution is -2.39. The Morgan fingerprint density at radius 2 is 1.89 bits per heavy atom. The van der Waals surface area contributed by atoms with Gasteiger partial charge in [-0.05, 0) is 48.9 Å². The van der Waals surface area contributed by atoms with Gasteiger partial charge < -0.3 is 21.1 Å². The monoisotopic (exact) mass is 379 g/mol. The average Bonchev–Trinajstić information content (AvgIpc) is 3.12. The van der Waals surface area contributed by atoms with Crippen LogP contribution >= 0.6 is 0 Å². The van der Waals surface area contributed by atoms with Crippen LogP contribution in [-0.2, 0) is 11.2 Å². The largest absolute Gasteiger partial charge is 0.481 e. The Morgan fingerprint density at radius 1 is 1.14 bits per heavy atom. The highest BCUT2D eigenvalue weighted by atomic mass is 16.4. The summed E-state index contributed by atoms with van der Waals surface area (Å²) in [5.41, 5.74) is 10.8. The van der Waals surface area contributed by atoms with E-state index in [-0.39, 0.29) is 18.5 Å². The summed E-state index contributed by atoms with van der Waals surface area (Å²) in [7, 11) is 0. The number of hydrogen-bond donors (Lipinski definition) is 4. The molecule has 3 aromatic rings. The van der Waals surface area contributed by atoms with Crippen LogP contribution in [0.25, 0.3) is 10.9 Å². The van der Waals surface area contributed by atoms with Crippen molar-refractivity contribution in [1.82, 2.24) is 10.3 Å². The minimum absolute atomic E-state index is 0.0577. The number of aliphatic carboxylic acids is 1. The molecule has 5 heteroatoms. The number of carboxylic acid groups (broad SMARTS) is 1. The predicted octanol–water partition coefficient (Wildman–Crippen LogP) is 3.93. The minimum atomic E-state index is -0.782. The number of aromatic amines is 1. The van der Waals surface area contributed by atoms with Gasteiger partial charge in [0.25, 0.3) is 0 Å². The van der Waals surface area contributed by atoms with Gasteiger partial charge in [0, 0.05) is 42.1 Å². The van der Waals surface area contributed by atoms with E-state index in [2.05, 4.69) is 47.6 Å². The van der Waals surface area contributed by atoms with Crippen molar-refractivity contribution >= 4 is 16.9 Å². The second kappa shape index (κ2) is 9.53. The maximum Gasteiger partial charge on any atom is 0.303 e. The molecule has 1 unspecified atom stereocenters. The van der Waals surface area contributed by atoms with Crippen LogP contribution in [0.5, 0.6) is 0 Å². The molecular weight excluding hydrogens is 350 g/mol. The van der Waals surface area contributed by atoms with Gasteiger partial charge in [0.15, 0.2) is 0 Å². The van der Waals surface area contributed by atoms with Gasteiger partial charge in [0.1, 0.15) is 0 Å². The Balaban J connectivity index is 1.75. The number of carbonyl (C=O) groups is 1. The quantitative estimate of drug-likeness (QED) is 0.429. The van der Waals surface area contributed by atoms with Crippen molar-refractivity contribution in [3.05, 3.63) is 71.4 Å². The van der Waals surface area contributed by atoms with Gasteiger partial charge in [-0.3, -0.25) is 4.79 Å². The summed E-state index contributed by atoms with van der Waals surface area (Å²) >= 11 is 0. The standard InChI is InChI=1S/C23H29N3O2/c1-16-6-2-3-7-17(16)10-11-18(14-24)26-22(12-13-23(27)28)20-15-25-21-9-5-4-8-19(20)21/h2-9,15,18,22,25-26H,10-14,24H2,1H3,(H,27,28)/t18?,22-/m1/s1. The minimum Gasteiger partial charge on any atom is -0.481 e. The molecule has 0 saturated carbocycles. The molecule has 1 aromatic heterocycles. The van der Waals surface area contributed by atoms with E-state index in [1.807, 2.05) is 24.4 Å². The molecule has 2 aromatic carbocycles. The molecule has 0 bridgehead atoms. The van der Waals surface area contributed by atoms with Crippen molar-refractivity contribution in [2.75, 3.05) is 6.54 Å². The molecule has 3 rings (SSSR count). The van der Waals surface area contributed by atoms with Crippen LogP contribution in [0.4, 0.5) is 0 Å². The van der Waals surface area contributed by atoms with E-state index in [0.29, 0.717) is 13.0 Å². The molecule has 0 aliphatic carbocycles. The lowest BCUT2D eigenvalue weighted by Gasteiger charge is -2.25. The Morgan fingerprint density at radius 3 is 2.64 bits per heavy atom. The molecule has 0 saturated heterocycles. The molecule has 0 aliphatic rings. The topological polar surface area (TPSA) is 91.1 Å². The van der Waals surface area contributed by atoms with E-state index < -0.39 is 5.97 Å². The van der Waals surface area contributed by atoms with Crippen molar-refractivity contribution in [3.63, 3.8) is 0 Å². The molecule has 0 radical (unpaired) electrons. The van der Waals surface area contributed by atoms with Crippen LogP contribution in [0.1, 0.15) is 42.0 Å². The van der Waals surface area contributed by atoms with Gasteiger partial charge in [-0.2, -0.15) is 0 Å². The third-order valence-electron chi connectivity index (χ3n) is 5.39. The lowest BCUT2D eigenvalue weighted by molar-refractivity contribution is -0.137. The predicted molar refractivity (Wildman–Crippen MR) is 113 cm³/mol. The first kappa shape index (κ1) is 20.1. The number of nitrogens with one attached hydrogen (secondary N) is 2. The summed E-state index contributed by atoms with van der Waals surface area (Å²) in [5, 5.41) is 13.9. The highest BCUT2D eigenvalue weighted by Crippen LogP contribution is 2.28. The van der Waals surface area contributed by atoms with Crippen LogP contribution in [0.3, 0.4) is 0 Å². The Hall–Kier alpha value is -2.63. The van der Waals surface area contributed by atoms with Gasteiger partial charge >= 0.3 is 5.97 Å². The number of fused-ring (bicyclic) bond motifs is 1. The van der Waals surface area contributed by atoms with Gasteiger partial charge in [-0.25, -0.2) is 0 Å². The molecule has 5 nitrogen and oxygen atoms in total. The van der Waals surface area contributed by atoms with E-state index in [1.54, 1.807) is 0 Å². The SMILES string of the molecule is Cc1ccccc1CCC(CN)N[C@H](CCC(=O)O)c1c[nH]c2ccccc12. The Labute approximate surface area is 166 Å². The van der Waals surface area contributed by atoms with Gasteiger partial charge in [-0.1, -0.05) is 42.5 Å².